The Kier molecular flexibility index (Phi) is 9.79. The first kappa shape index (κ1) is 27.2. The number of carbonyl (C=O) groups excluding carboxylic acids is 1. The lowest BCUT2D eigenvalue weighted by molar-refractivity contribution is -0.120. The van der Waals surface area contributed by atoms with Crippen molar-refractivity contribution in [1.29, 1.82) is 0 Å². The molecule has 6 heteroatoms. The molecule has 1 amide bonds. The minimum atomic E-state index is 0.0259. The molecule has 0 radical (unpaired) electrons. The monoisotopic (exact) mass is 513 g/mol. The Morgan fingerprint density at radius 2 is 1.71 bits per heavy atom. The largest absolute Gasteiger partial charge is 0.497 e. The number of benzene rings is 3. The van der Waals surface area contributed by atoms with E-state index in [9.17, 15) is 4.79 Å². The Morgan fingerprint density at radius 1 is 0.974 bits per heavy atom. The van der Waals surface area contributed by atoms with Crippen LogP contribution < -0.4 is 14.8 Å². The zero-order chi connectivity index (χ0) is 26.7. The van der Waals surface area contributed by atoms with Gasteiger partial charge in [0.1, 0.15) is 17.3 Å². The molecule has 1 atom stereocenters. The average Bonchev–Trinajstić information content (AvgIpc) is 3.31. The molecule has 0 aliphatic heterocycles. The summed E-state index contributed by atoms with van der Waals surface area (Å²) >= 11 is 0. The summed E-state index contributed by atoms with van der Waals surface area (Å²) in [5.41, 5.74) is 4.47. The van der Waals surface area contributed by atoms with E-state index in [1.165, 1.54) is 5.56 Å². The van der Waals surface area contributed by atoms with E-state index in [-0.39, 0.29) is 5.91 Å². The van der Waals surface area contributed by atoms with Crippen molar-refractivity contribution >= 4 is 16.9 Å². The Labute approximate surface area is 226 Å². The Hall–Kier alpha value is -3.80. The molecule has 1 N–H and O–H groups in total. The highest BCUT2D eigenvalue weighted by Crippen LogP contribution is 2.22. The van der Waals surface area contributed by atoms with Crippen LogP contribution in [0.4, 0.5) is 0 Å². The third-order valence-electron chi connectivity index (χ3n) is 7.01. The van der Waals surface area contributed by atoms with Gasteiger partial charge in [-0.3, -0.25) is 4.79 Å². The van der Waals surface area contributed by atoms with Crippen molar-refractivity contribution in [2.24, 2.45) is 0 Å². The summed E-state index contributed by atoms with van der Waals surface area (Å²) in [7, 11) is 1.64. The first-order valence-electron chi connectivity index (χ1n) is 13.6. The highest BCUT2D eigenvalue weighted by Gasteiger charge is 2.11. The van der Waals surface area contributed by atoms with Crippen molar-refractivity contribution in [2.45, 2.75) is 58.4 Å². The van der Waals surface area contributed by atoms with Crippen LogP contribution in [0, 0.1) is 0 Å². The van der Waals surface area contributed by atoms with Gasteiger partial charge in [0.05, 0.1) is 31.2 Å². The van der Waals surface area contributed by atoms with Gasteiger partial charge in [-0.1, -0.05) is 50.2 Å². The van der Waals surface area contributed by atoms with Gasteiger partial charge in [-0.15, -0.1) is 0 Å². The second kappa shape index (κ2) is 13.7. The second-order valence-electron chi connectivity index (χ2n) is 9.73. The molecule has 1 aromatic heterocycles. The number of ether oxygens (including phenoxy) is 2. The van der Waals surface area contributed by atoms with Crippen molar-refractivity contribution < 1.29 is 14.3 Å². The van der Waals surface area contributed by atoms with Crippen LogP contribution in [0.25, 0.3) is 11.0 Å². The summed E-state index contributed by atoms with van der Waals surface area (Å²) in [6.07, 6.45) is 4.02. The SMILES string of the molecule is CCC(C)c1ccc(OCCCn2c(CCCNC(=O)Cc3ccc(OC)cc3)nc3ccccc32)cc1. The highest BCUT2D eigenvalue weighted by molar-refractivity contribution is 5.78. The van der Waals surface area contributed by atoms with Crippen LogP contribution in [-0.2, 0) is 24.2 Å². The van der Waals surface area contributed by atoms with Gasteiger partial charge in [0, 0.05) is 19.5 Å². The average molecular weight is 514 g/mol. The van der Waals surface area contributed by atoms with Crippen LogP contribution in [0.1, 0.15) is 56.0 Å². The van der Waals surface area contributed by atoms with Crippen LogP contribution in [0.5, 0.6) is 11.5 Å². The van der Waals surface area contributed by atoms with E-state index in [0.29, 0.717) is 25.5 Å². The summed E-state index contributed by atoms with van der Waals surface area (Å²) in [4.78, 5) is 17.2. The third-order valence-corrected chi connectivity index (χ3v) is 7.01. The molecule has 4 rings (SSSR count). The molecule has 1 heterocycles. The molecular formula is C32H39N3O3. The number of methoxy groups -OCH3 is 1. The molecule has 0 saturated carbocycles. The number of amides is 1. The Balaban J connectivity index is 1.26. The van der Waals surface area contributed by atoms with Crippen molar-refractivity contribution in [1.82, 2.24) is 14.9 Å². The Morgan fingerprint density at radius 3 is 2.45 bits per heavy atom. The van der Waals surface area contributed by atoms with Gasteiger partial charge in [-0.25, -0.2) is 4.98 Å². The van der Waals surface area contributed by atoms with Crippen LogP contribution in [0.15, 0.2) is 72.8 Å². The third kappa shape index (κ3) is 7.37. The van der Waals surface area contributed by atoms with Crippen molar-refractivity contribution in [3.63, 3.8) is 0 Å². The summed E-state index contributed by atoms with van der Waals surface area (Å²) < 4.78 is 13.5. The molecule has 4 aromatic rings. The molecule has 38 heavy (non-hydrogen) atoms. The number of imidazole rings is 1. The van der Waals surface area contributed by atoms with Gasteiger partial charge >= 0.3 is 0 Å². The van der Waals surface area contributed by atoms with Gasteiger partial charge < -0.3 is 19.4 Å². The first-order valence-corrected chi connectivity index (χ1v) is 13.6. The Bertz CT molecular complexity index is 1300. The van der Waals surface area contributed by atoms with E-state index in [2.05, 4.69) is 66.2 Å². The lowest BCUT2D eigenvalue weighted by atomic mass is 9.99. The fraction of sp³-hybridized carbons (Fsp3) is 0.375. The number of carbonyl (C=O) groups is 1. The minimum absolute atomic E-state index is 0.0259. The number of rotatable bonds is 14. The molecule has 200 valence electrons. The van der Waals surface area contributed by atoms with Gasteiger partial charge in [0.25, 0.3) is 0 Å². The lowest BCUT2D eigenvalue weighted by Crippen LogP contribution is -2.26. The molecular weight excluding hydrogens is 474 g/mol. The maximum Gasteiger partial charge on any atom is 0.224 e. The van der Waals surface area contributed by atoms with Crippen LogP contribution in [-0.4, -0.2) is 35.7 Å². The zero-order valence-corrected chi connectivity index (χ0v) is 22.8. The summed E-state index contributed by atoms with van der Waals surface area (Å²) in [6.45, 7) is 6.57. The summed E-state index contributed by atoms with van der Waals surface area (Å²) in [5.74, 6) is 3.35. The van der Waals surface area contributed by atoms with E-state index in [0.717, 1.165) is 66.1 Å². The molecule has 0 fully saturated rings. The predicted octanol–water partition coefficient (Wildman–Crippen LogP) is 6.32. The quantitative estimate of drug-likeness (QED) is 0.200. The maximum atomic E-state index is 12.4. The van der Waals surface area contributed by atoms with E-state index in [1.54, 1.807) is 7.11 Å². The molecule has 0 saturated heterocycles. The summed E-state index contributed by atoms with van der Waals surface area (Å²) in [5, 5.41) is 3.04. The number of para-hydroxylation sites is 2. The fourth-order valence-corrected chi connectivity index (χ4v) is 4.57. The maximum absolute atomic E-state index is 12.4. The van der Waals surface area contributed by atoms with Crippen LogP contribution in [0.3, 0.4) is 0 Å². The molecule has 3 aromatic carbocycles. The number of hydrogen-bond donors (Lipinski definition) is 1. The molecule has 0 aliphatic rings. The number of aromatic nitrogens is 2. The van der Waals surface area contributed by atoms with Gasteiger partial charge in [-0.05, 0) is 72.7 Å². The smallest absolute Gasteiger partial charge is 0.224 e. The van der Waals surface area contributed by atoms with Crippen LogP contribution >= 0.6 is 0 Å². The first-order chi connectivity index (χ1) is 18.6. The number of aryl methyl sites for hydroxylation is 2. The number of hydrogen-bond acceptors (Lipinski definition) is 4. The topological polar surface area (TPSA) is 65.4 Å². The molecule has 1 unspecified atom stereocenters. The van der Waals surface area contributed by atoms with Crippen molar-refractivity contribution in [3.05, 3.63) is 89.7 Å². The fourth-order valence-electron chi connectivity index (χ4n) is 4.57. The summed E-state index contributed by atoms with van der Waals surface area (Å²) in [6, 6.07) is 24.3. The van der Waals surface area contributed by atoms with Crippen molar-refractivity contribution in [3.8, 4) is 11.5 Å². The minimum Gasteiger partial charge on any atom is -0.497 e. The highest BCUT2D eigenvalue weighted by atomic mass is 16.5. The zero-order valence-electron chi connectivity index (χ0n) is 22.8. The van der Waals surface area contributed by atoms with E-state index < -0.39 is 0 Å². The molecule has 0 bridgehead atoms. The van der Waals surface area contributed by atoms with Crippen molar-refractivity contribution in [2.75, 3.05) is 20.3 Å². The van der Waals surface area contributed by atoms with E-state index >= 15 is 0 Å². The van der Waals surface area contributed by atoms with E-state index in [1.807, 2.05) is 30.3 Å². The molecule has 0 aliphatic carbocycles. The number of fused-ring (bicyclic) bond motifs is 1. The number of nitrogens with one attached hydrogen (secondary N) is 1. The predicted molar refractivity (Wildman–Crippen MR) is 153 cm³/mol. The van der Waals surface area contributed by atoms with E-state index in [4.69, 9.17) is 14.5 Å². The van der Waals surface area contributed by atoms with Gasteiger partial charge in [0.2, 0.25) is 5.91 Å². The second-order valence-corrected chi connectivity index (χ2v) is 9.73. The standard InChI is InChI=1S/C32H39N3O3/c1-4-24(2)26-14-18-28(19-15-26)38-22-8-21-35-30-10-6-5-9-29(30)34-31(35)11-7-20-33-32(36)23-25-12-16-27(37-3)17-13-25/h5-6,9-10,12-19,24H,4,7-8,11,20-23H2,1-3H3,(H,33,36). The number of nitrogens with zero attached hydrogens (tertiary/aromatic N) is 2. The molecule has 6 nitrogen and oxygen atoms in total. The van der Waals surface area contributed by atoms with Gasteiger partial charge in [-0.2, -0.15) is 0 Å². The van der Waals surface area contributed by atoms with Crippen LogP contribution in [0.2, 0.25) is 0 Å². The van der Waals surface area contributed by atoms with Gasteiger partial charge in [0.15, 0.2) is 0 Å². The lowest BCUT2D eigenvalue weighted by Gasteiger charge is -2.12. The normalized spacial score (nSPS) is 11.9. The molecule has 0 spiro atoms.